The minimum absolute atomic E-state index is 0.0456. The van der Waals surface area contributed by atoms with Gasteiger partial charge in [-0.15, -0.1) is 0 Å². The second-order valence-electron chi connectivity index (χ2n) is 8.27. The Morgan fingerprint density at radius 2 is 2.06 bits per heavy atom. The lowest BCUT2D eigenvalue weighted by molar-refractivity contribution is -0.137. The van der Waals surface area contributed by atoms with Gasteiger partial charge in [0.15, 0.2) is 11.6 Å². The lowest BCUT2D eigenvalue weighted by Gasteiger charge is -2.24. The normalized spacial score (nSPS) is 19.0. The summed E-state index contributed by atoms with van der Waals surface area (Å²) in [6.07, 6.45) is 0.643. The van der Waals surface area contributed by atoms with Crippen LogP contribution in [0.15, 0.2) is 30.0 Å². The van der Waals surface area contributed by atoms with Crippen molar-refractivity contribution >= 4 is 23.6 Å². The van der Waals surface area contributed by atoms with Gasteiger partial charge in [0.2, 0.25) is 0 Å². The van der Waals surface area contributed by atoms with E-state index in [9.17, 15) is 18.8 Å². The summed E-state index contributed by atoms with van der Waals surface area (Å²) in [5, 5.41) is 11.8. The number of benzene rings is 1. The minimum Gasteiger partial charge on any atom is -0.483 e. The lowest BCUT2D eigenvalue weighted by atomic mass is 10.2. The molecule has 2 heterocycles. The van der Waals surface area contributed by atoms with E-state index in [-0.39, 0.29) is 36.8 Å². The summed E-state index contributed by atoms with van der Waals surface area (Å²) in [5.74, 6) is -1.94. The first-order chi connectivity index (χ1) is 14.6. The van der Waals surface area contributed by atoms with Gasteiger partial charge in [0.05, 0.1) is 25.4 Å². The van der Waals surface area contributed by atoms with E-state index in [1.165, 1.54) is 23.1 Å². The van der Waals surface area contributed by atoms with Crippen molar-refractivity contribution in [3.8, 4) is 5.75 Å². The van der Waals surface area contributed by atoms with Gasteiger partial charge < -0.3 is 24.8 Å². The maximum Gasteiger partial charge on any atom is 0.410 e. The SMILES string of the molecule is CC(C)(C)OC(=O)N1CCC(Oc2c(F)cccc2NC2=CC(=O)N(CCO)C2=O)C1. The second-order valence-corrected chi connectivity index (χ2v) is 8.27. The summed E-state index contributed by atoms with van der Waals surface area (Å²) >= 11 is 0. The first-order valence-corrected chi connectivity index (χ1v) is 9.97. The fourth-order valence-corrected chi connectivity index (χ4v) is 3.27. The molecule has 3 rings (SSSR count). The number of nitrogens with zero attached hydrogens (tertiary/aromatic N) is 2. The smallest absolute Gasteiger partial charge is 0.410 e. The number of carbonyl (C=O) groups is 3. The number of rotatable bonds is 6. The lowest BCUT2D eigenvalue weighted by Crippen LogP contribution is -2.36. The summed E-state index contributed by atoms with van der Waals surface area (Å²) in [4.78, 5) is 38.9. The summed E-state index contributed by atoms with van der Waals surface area (Å²) < 4.78 is 25.7. The number of nitrogens with one attached hydrogen (secondary N) is 1. The molecule has 10 heteroatoms. The third-order valence-electron chi connectivity index (χ3n) is 4.65. The van der Waals surface area contributed by atoms with Crippen molar-refractivity contribution in [3.63, 3.8) is 0 Å². The average molecular weight is 435 g/mol. The molecule has 2 aliphatic rings. The zero-order chi connectivity index (χ0) is 22.8. The van der Waals surface area contributed by atoms with E-state index in [0.717, 1.165) is 11.0 Å². The zero-order valence-corrected chi connectivity index (χ0v) is 17.7. The molecule has 9 nitrogen and oxygen atoms in total. The molecule has 0 aliphatic carbocycles. The van der Waals surface area contributed by atoms with Crippen molar-refractivity contribution in [1.29, 1.82) is 0 Å². The van der Waals surface area contributed by atoms with Gasteiger partial charge in [0.1, 0.15) is 17.4 Å². The number of anilines is 1. The Balaban J connectivity index is 1.70. The molecule has 168 valence electrons. The van der Waals surface area contributed by atoms with Crippen LogP contribution in [0.2, 0.25) is 0 Å². The van der Waals surface area contributed by atoms with Crippen LogP contribution in [0.3, 0.4) is 0 Å². The summed E-state index contributed by atoms with van der Waals surface area (Å²) in [6, 6.07) is 4.18. The molecule has 1 saturated heterocycles. The molecule has 0 spiro atoms. The minimum atomic E-state index is -0.648. The Kier molecular flexibility index (Phi) is 6.49. The van der Waals surface area contributed by atoms with Gasteiger partial charge in [-0.2, -0.15) is 0 Å². The van der Waals surface area contributed by atoms with Crippen molar-refractivity contribution in [2.75, 3.05) is 31.6 Å². The molecule has 3 amide bonds. The van der Waals surface area contributed by atoms with Gasteiger partial charge >= 0.3 is 6.09 Å². The molecule has 2 N–H and O–H groups in total. The van der Waals surface area contributed by atoms with Crippen molar-refractivity contribution in [2.24, 2.45) is 0 Å². The number of aliphatic hydroxyl groups is 1. The van der Waals surface area contributed by atoms with Gasteiger partial charge in [-0.1, -0.05) is 6.07 Å². The predicted octanol–water partition coefficient (Wildman–Crippen LogP) is 1.87. The van der Waals surface area contributed by atoms with Crippen LogP contribution < -0.4 is 10.1 Å². The van der Waals surface area contributed by atoms with Crippen LogP contribution in [0, 0.1) is 5.82 Å². The Hall–Kier alpha value is -3.14. The Bertz CT molecular complexity index is 911. The van der Waals surface area contributed by atoms with Crippen LogP contribution in [0.25, 0.3) is 0 Å². The number of imide groups is 1. The van der Waals surface area contributed by atoms with E-state index >= 15 is 0 Å². The molecule has 0 aromatic heterocycles. The standard InChI is InChI=1S/C21H26FN3O6/c1-21(2,3)31-20(29)24-8-7-13(12-24)30-18-14(22)5-4-6-15(18)23-16-11-17(27)25(9-10-26)19(16)28/h4-6,11,13,23,26H,7-10,12H2,1-3H3. The van der Waals surface area contributed by atoms with E-state index in [1.54, 1.807) is 20.8 Å². The van der Waals surface area contributed by atoms with Gasteiger partial charge in [0.25, 0.3) is 11.8 Å². The quantitative estimate of drug-likeness (QED) is 0.657. The third-order valence-corrected chi connectivity index (χ3v) is 4.65. The van der Waals surface area contributed by atoms with Crippen LogP contribution >= 0.6 is 0 Å². The van der Waals surface area contributed by atoms with Crippen molar-refractivity contribution in [3.05, 3.63) is 35.8 Å². The predicted molar refractivity (Wildman–Crippen MR) is 109 cm³/mol. The molecule has 0 radical (unpaired) electrons. The highest BCUT2D eigenvalue weighted by atomic mass is 19.1. The van der Waals surface area contributed by atoms with Gasteiger partial charge in [-0.05, 0) is 32.9 Å². The number of carbonyl (C=O) groups excluding carboxylic acids is 3. The first kappa shape index (κ1) is 22.5. The topological polar surface area (TPSA) is 108 Å². The van der Waals surface area contributed by atoms with Crippen molar-refractivity contribution < 1.29 is 33.4 Å². The van der Waals surface area contributed by atoms with Crippen LogP contribution in [-0.2, 0) is 14.3 Å². The number of hydrogen-bond donors (Lipinski definition) is 2. The third kappa shape index (κ3) is 5.32. The van der Waals surface area contributed by atoms with E-state index in [2.05, 4.69) is 5.32 Å². The number of β-amino-alcohol motifs (C(OH)–C–C–N with tert-alkyl or cyclic N) is 1. The number of para-hydroxylation sites is 1. The van der Waals surface area contributed by atoms with Crippen LogP contribution in [0.1, 0.15) is 27.2 Å². The van der Waals surface area contributed by atoms with Gasteiger partial charge in [0, 0.05) is 19.0 Å². The molecule has 0 bridgehead atoms. The average Bonchev–Trinajstić information content (AvgIpc) is 3.24. The summed E-state index contributed by atoms with van der Waals surface area (Å²) in [6.45, 7) is 5.47. The Morgan fingerprint density at radius 1 is 1.32 bits per heavy atom. The van der Waals surface area contributed by atoms with Crippen LogP contribution in [0.4, 0.5) is 14.9 Å². The van der Waals surface area contributed by atoms with Crippen LogP contribution in [-0.4, -0.2) is 70.8 Å². The molecule has 1 fully saturated rings. The van der Waals surface area contributed by atoms with Crippen molar-refractivity contribution in [1.82, 2.24) is 9.80 Å². The molecule has 31 heavy (non-hydrogen) atoms. The molecule has 1 unspecified atom stereocenters. The first-order valence-electron chi connectivity index (χ1n) is 9.97. The fourth-order valence-electron chi connectivity index (χ4n) is 3.27. The second kappa shape index (κ2) is 8.93. The summed E-state index contributed by atoms with van der Waals surface area (Å²) in [5.41, 5.74) is -0.494. The van der Waals surface area contributed by atoms with E-state index in [1.807, 2.05) is 0 Å². The zero-order valence-electron chi connectivity index (χ0n) is 17.7. The largest absolute Gasteiger partial charge is 0.483 e. The molecule has 0 saturated carbocycles. The Morgan fingerprint density at radius 3 is 2.74 bits per heavy atom. The summed E-state index contributed by atoms with van der Waals surface area (Å²) in [7, 11) is 0. The molecular weight excluding hydrogens is 409 g/mol. The van der Waals surface area contributed by atoms with Gasteiger partial charge in [-0.25, -0.2) is 9.18 Å². The van der Waals surface area contributed by atoms with Crippen molar-refractivity contribution in [2.45, 2.75) is 38.9 Å². The molecular formula is C21H26FN3O6. The molecule has 1 aromatic carbocycles. The number of halogens is 1. The van der Waals surface area contributed by atoms with Gasteiger partial charge in [-0.3, -0.25) is 14.5 Å². The monoisotopic (exact) mass is 435 g/mol. The van der Waals surface area contributed by atoms with Crippen LogP contribution in [0.5, 0.6) is 5.75 Å². The number of ether oxygens (including phenoxy) is 2. The molecule has 2 aliphatic heterocycles. The molecule has 1 atom stereocenters. The molecule has 1 aromatic rings. The number of hydrogen-bond acceptors (Lipinski definition) is 7. The van der Waals surface area contributed by atoms with E-state index in [4.69, 9.17) is 14.6 Å². The van der Waals surface area contributed by atoms with E-state index < -0.39 is 35.4 Å². The highest BCUT2D eigenvalue weighted by molar-refractivity contribution is 6.17. The van der Waals surface area contributed by atoms with E-state index in [0.29, 0.717) is 13.0 Å². The number of likely N-dealkylation sites (tertiary alicyclic amines) is 1. The maximum absolute atomic E-state index is 14.5. The maximum atomic E-state index is 14.5. The number of amides is 3. The Labute approximate surface area is 179 Å². The number of aliphatic hydroxyl groups excluding tert-OH is 1. The fraction of sp³-hybridized carbons (Fsp3) is 0.476. The highest BCUT2D eigenvalue weighted by Gasteiger charge is 2.33. The highest BCUT2D eigenvalue weighted by Crippen LogP contribution is 2.32.